The third-order valence-electron chi connectivity index (χ3n) is 2.83. The van der Waals surface area contributed by atoms with Crippen molar-refractivity contribution in [2.24, 2.45) is 5.73 Å². The van der Waals surface area contributed by atoms with E-state index in [-0.39, 0.29) is 5.84 Å². The first-order valence-corrected chi connectivity index (χ1v) is 6.27. The highest BCUT2D eigenvalue weighted by atomic mass is 35.5. The number of halogens is 1. The van der Waals surface area contributed by atoms with E-state index < -0.39 is 0 Å². The van der Waals surface area contributed by atoms with Crippen LogP contribution in [0.15, 0.2) is 42.5 Å². The van der Waals surface area contributed by atoms with E-state index in [1.807, 2.05) is 43.3 Å². The zero-order chi connectivity index (χ0) is 13.8. The van der Waals surface area contributed by atoms with Crippen molar-refractivity contribution >= 4 is 17.4 Å². The molecule has 98 valence electrons. The summed E-state index contributed by atoms with van der Waals surface area (Å²) in [6.45, 7) is 2.32. The quantitative estimate of drug-likeness (QED) is 0.662. The van der Waals surface area contributed by atoms with Crippen LogP contribution in [0, 0.1) is 12.3 Å². The van der Waals surface area contributed by atoms with Crippen molar-refractivity contribution in [2.45, 2.75) is 13.5 Å². The van der Waals surface area contributed by atoms with Gasteiger partial charge in [0.25, 0.3) is 0 Å². The summed E-state index contributed by atoms with van der Waals surface area (Å²) < 4.78 is 5.76. The van der Waals surface area contributed by atoms with E-state index in [4.69, 9.17) is 27.5 Å². The van der Waals surface area contributed by atoms with Gasteiger partial charge < -0.3 is 10.5 Å². The highest BCUT2D eigenvalue weighted by Crippen LogP contribution is 2.23. The van der Waals surface area contributed by atoms with Crippen molar-refractivity contribution in [2.75, 3.05) is 0 Å². The minimum absolute atomic E-state index is 0.0482. The first-order chi connectivity index (χ1) is 9.08. The number of nitrogen functional groups attached to an aromatic ring is 1. The van der Waals surface area contributed by atoms with Gasteiger partial charge in [0.15, 0.2) is 0 Å². The van der Waals surface area contributed by atoms with Gasteiger partial charge in [-0.15, -0.1) is 0 Å². The summed E-state index contributed by atoms with van der Waals surface area (Å²) in [5, 5.41) is 8.22. The Balaban J connectivity index is 2.17. The number of nitrogens with one attached hydrogen (secondary N) is 1. The Labute approximate surface area is 117 Å². The first-order valence-electron chi connectivity index (χ1n) is 5.89. The number of benzene rings is 2. The lowest BCUT2D eigenvalue weighted by Gasteiger charge is -2.12. The van der Waals surface area contributed by atoms with Crippen LogP contribution in [0.1, 0.15) is 16.7 Å². The zero-order valence-electron chi connectivity index (χ0n) is 10.6. The van der Waals surface area contributed by atoms with Crippen LogP contribution in [0.4, 0.5) is 0 Å². The average molecular weight is 275 g/mol. The maximum atomic E-state index is 7.53. The molecular weight excluding hydrogens is 260 g/mol. The van der Waals surface area contributed by atoms with Crippen molar-refractivity contribution in [3.63, 3.8) is 0 Å². The highest BCUT2D eigenvalue weighted by molar-refractivity contribution is 6.30. The molecule has 19 heavy (non-hydrogen) atoms. The van der Waals surface area contributed by atoms with Crippen LogP contribution in [0.3, 0.4) is 0 Å². The molecule has 2 aromatic carbocycles. The number of amidine groups is 1. The second-order valence-electron chi connectivity index (χ2n) is 4.27. The summed E-state index contributed by atoms with van der Waals surface area (Å²) in [7, 11) is 0. The Hall–Kier alpha value is -2.00. The molecule has 0 saturated carbocycles. The summed E-state index contributed by atoms with van der Waals surface area (Å²) in [6.07, 6.45) is 0. The second kappa shape index (κ2) is 5.76. The Bertz CT molecular complexity index is 611. The summed E-state index contributed by atoms with van der Waals surface area (Å²) in [5.41, 5.74) is 8.12. The standard InChI is InChI=1S/C15H15ClN2O/c1-10-8-12(16)6-7-14(10)19-9-11-4-2-3-5-13(11)15(17)18/h2-8H,9H2,1H3,(H3,17,18). The van der Waals surface area contributed by atoms with E-state index in [0.29, 0.717) is 17.2 Å². The molecule has 3 N–H and O–H groups in total. The normalized spacial score (nSPS) is 10.2. The fourth-order valence-corrected chi connectivity index (χ4v) is 2.07. The molecule has 0 amide bonds. The number of rotatable bonds is 4. The summed E-state index contributed by atoms with van der Waals surface area (Å²) >= 11 is 5.90. The summed E-state index contributed by atoms with van der Waals surface area (Å²) in [5.74, 6) is 0.829. The van der Waals surface area contributed by atoms with Crippen molar-refractivity contribution < 1.29 is 4.74 Å². The van der Waals surface area contributed by atoms with Gasteiger partial charge in [-0.05, 0) is 30.7 Å². The molecule has 2 aromatic rings. The summed E-state index contributed by atoms with van der Waals surface area (Å²) in [4.78, 5) is 0. The van der Waals surface area contributed by atoms with Gasteiger partial charge in [0, 0.05) is 16.1 Å². The largest absolute Gasteiger partial charge is 0.489 e. The van der Waals surface area contributed by atoms with Crippen molar-refractivity contribution in [3.05, 3.63) is 64.2 Å². The molecule has 4 heteroatoms. The third-order valence-corrected chi connectivity index (χ3v) is 3.06. The molecule has 0 heterocycles. The van der Waals surface area contributed by atoms with E-state index >= 15 is 0 Å². The predicted octanol–water partition coefficient (Wildman–Crippen LogP) is 3.51. The lowest BCUT2D eigenvalue weighted by atomic mass is 10.1. The number of ether oxygens (including phenoxy) is 1. The van der Waals surface area contributed by atoms with E-state index in [1.54, 1.807) is 6.07 Å². The Morgan fingerprint density at radius 1 is 1.26 bits per heavy atom. The van der Waals surface area contributed by atoms with Crippen LogP contribution in [-0.4, -0.2) is 5.84 Å². The van der Waals surface area contributed by atoms with Gasteiger partial charge in [0.2, 0.25) is 0 Å². The van der Waals surface area contributed by atoms with Gasteiger partial charge in [0.1, 0.15) is 18.2 Å². The maximum absolute atomic E-state index is 7.53. The van der Waals surface area contributed by atoms with Crippen LogP contribution >= 0.6 is 11.6 Å². The average Bonchev–Trinajstić information content (AvgIpc) is 2.38. The number of hydrogen-bond acceptors (Lipinski definition) is 2. The first kappa shape index (κ1) is 13.4. The minimum atomic E-state index is 0.0482. The topological polar surface area (TPSA) is 59.1 Å². The minimum Gasteiger partial charge on any atom is -0.489 e. The number of hydrogen-bond donors (Lipinski definition) is 2. The summed E-state index contributed by atoms with van der Waals surface area (Å²) in [6, 6.07) is 13.0. The molecular formula is C15H15ClN2O. The van der Waals surface area contributed by atoms with Crippen LogP contribution in [0.25, 0.3) is 0 Å². The van der Waals surface area contributed by atoms with Crippen LogP contribution in [0.2, 0.25) is 5.02 Å². The Kier molecular flexibility index (Phi) is 4.07. The van der Waals surface area contributed by atoms with E-state index in [0.717, 1.165) is 16.9 Å². The molecule has 0 aromatic heterocycles. The van der Waals surface area contributed by atoms with Crippen LogP contribution in [0.5, 0.6) is 5.75 Å². The zero-order valence-corrected chi connectivity index (χ0v) is 11.4. The van der Waals surface area contributed by atoms with Crippen LogP contribution in [-0.2, 0) is 6.61 Å². The lowest BCUT2D eigenvalue weighted by molar-refractivity contribution is 0.304. The molecule has 0 bridgehead atoms. The second-order valence-corrected chi connectivity index (χ2v) is 4.71. The predicted molar refractivity (Wildman–Crippen MR) is 78.0 cm³/mol. The molecule has 0 unspecified atom stereocenters. The molecule has 0 fully saturated rings. The highest BCUT2D eigenvalue weighted by Gasteiger charge is 2.06. The van der Waals surface area contributed by atoms with Gasteiger partial charge in [-0.3, -0.25) is 5.41 Å². The van der Waals surface area contributed by atoms with Gasteiger partial charge in [-0.1, -0.05) is 35.9 Å². The van der Waals surface area contributed by atoms with Crippen molar-refractivity contribution in [3.8, 4) is 5.75 Å². The molecule has 0 aliphatic rings. The number of aryl methyl sites for hydroxylation is 1. The molecule has 0 radical (unpaired) electrons. The van der Waals surface area contributed by atoms with Gasteiger partial charge in [-0.2, -0.15) is 0 Å². The maximum Gasteiger partial charge on any atom is 0.123 e. The molecule has 2 rings (SSSR count). The van der Waals surface area contributed by atoms with Gasteiger partial charge in [-0.25, -0.2) is 0 Å². The SMILES string of the molecule is Cc1cc(Cl)ccc1OCc1ccccc1C(=N)N. The van der Waals surface area contributed by atoms with Crippen molar-refractivity contribution in [1.29, 1.82) is 5.41 Å². The fourth-order valence-electron chi connectivity index (χ4n) is 1.84. The third kappa shape index (κ3) is 3.26. The Morgan fingerprint density at radius 3 is 2.68 bits per heavy atom. The van der Waals surface area contributed by atoms with Gasteiger partial charge >= 0.3 is 0 Å². The monoisotopic (exact) mass is 274 g/mol. The molecule has 0 aliphatic carbocycles. The molecule has 0 atom stereocenters. The molecule has 0 saturated heterocycles. The lowest BCUT2D eigenvalue weighted by Crippen LogP contribution is -2.14. The smallest absolute Gasteiger partial charge is 0.123 e. The number of nitrogens with two attached hydrogens (primary N) is 1. The van der Waals surface area contributed by atoms with E-state index in [9.17, 15) is 0 Å². The molecule has 3 nitrogen and oxygen atoms in total. The fraction of sp³-hybridized carbons (Fsp3) is 0.133. The van der Waals surface area contributed by atoms with Crippen LogP contribution < -0.4 is 10.5 Å². The Morgan fingerprint density at radius 2 is 2.00 bits per heavy atom. The van der Waals surface area contributed by atoms with Crippen molar-refractivity contribution in [1.82, 2.24) is 0 Å². The molecule has 0 aliphatic heterocycles. The van der Waals surface area contributed by atoms with Gasteiger partial charge in [0.05, 0.1) is 0 Å². The molecule has 0 spiro atoms. The van der Waals surface area contributed by atoms with E-state index in [1.165, 1.54) is 0 Å². The van der Waals surface area contributed by atoms with E-state index in [2.05, 4.69) is 0 Å².